The van der Waals surface area contributed by atoms with Crippen LogP contribution >= 0.6 is 15.9 Å². The van der Waals surface area contributed by atoms with Crippen LogP contribution in [0.25, 0.3) is 0 Å². The van der Waals surface area contributed by atoms with Crippen molar-refractivity contribution in [3.05, 3.63) is 34.3 Å². The van der Waals surface area contributed by atoms with Crippen LogP contribution in [0.1, 0.15) is 51.1 Å². The summed E-state index contributed by atoms with van der Waals surface area (Å²) < 4.78 is 7.40. The number of primary amides is 1. The number of morpholine rings is 1. The third kappa shape index (κ3) is 3.62. The Morgan fingerprint density at radius 3 is 2.61 bits per heavy atom. The van der Waals surface area contributed by atoms with E-state index in [0.717, 1.165) is 29.4 Å². The van der Waals surface area contributed by atoms with Crippen LogP contribution in [0.15, 0.2) is 28.7 Å². The lowest BCUT2D eigenvalue weighted by atomic mass is 9.91. The van der Waals surface area contributed by atoms with E-state index >= 15 is 0 Å². The van der Waals surface area contributed by atoms with Crippen molar-refractivity contribution >= 4 is 21.8 Å². The lowest BCUT2D eigenvalue weighted by Crippen LogP contribution is -2.60. The minimum absolute atomic E-state index is 0.124. The van der Waals surface area contributed by atoms with Crippen molar-refractivity contribution in [3.63, 3.8) is 0 Å². The van der Waals surface area contributed by atoms with E-state index in [1.54, 1.807) is 0 Å². The highest BCUT2D eigenvalue weighted by atomic mass is 79.9. The molecule has 2 N–H and O–H groups in total. The Hall–Kier alpha value is -0.910. The van der Waals surface area contributed by atoms with Crippen LogP contribution in [0.2, 0.25) is 0 Å². The van der Waals surface area contributed by atoms with Crippen LogP contribution in [0.5, 0.6) is 0 Å². The molecule has 1 amide bonds. The first-order valence-electron chi connectivity index (χ1n) is 8.29. The lowest BCUT2D eigenvalue weighted by molar-refractivity contribution is -0.201. The number of nitrogens with zero attached hydrogens (tertiary/aromatic N) is 1. The van der Waals surface area contributed by atoms with Crippen molar-refractivity contribution in [2.45, 2.75) is 56.8 Å². The quantitative estimate of drug-likeness (QED) is 0.873. The molecule has 2 aliphatic rings. The molecule has 3 rings (SSSR count). The molecule has 1 aromatic carbocycles. The summed E-state index contributed by atoms with van der Waals surface area (Å²) >= 11 is 3.49. The van der Waals surface area contributed by atoms with Crippen LogP contribution in [-0.2, 0) is 9.53 Å². The van der Waals surface area contributed by atoms with Crippen LogP contribution < -0.4 is 5.73 Å². The fourth-order valence-electron chi connectivity index (χ4n) is 4.26. The molecule has 1 aromatic rings. The molecule has 0 aromatic heterocycles. The van der Waals surface area contributed by atoms with Crippen molar-refractivity contribution in [1.82, 2.24) is 4.90 Å². The Balaban J connectivity index is 1.94. The van der Waals surface area contributed by atoms with Crippen molar-refractivity contribution < 1.29 is 9.53 Å². The lowest BCUT2D eigenvalue weighted by Gasteiger charge is -2.50. The Labute approximate surface area is 146 Å². The highest BCUT2D eigenvalue weighted by Crippen LogP contribution is 2.42. The van der Waals surface area contributed by atoms with Gasteiger partial charge in [-0.3, -0.25) is 9.69 Å². The van der Waals surface area contributed by atoms with E-state index in [1.165, 1.54) is 12.8 Å². The minimum Gasteiger partial charge on any atom is -0.368 e. The largest absolute Gasteiger partial charge is 0.368 e. The SMILES string of the molecule is CC1(C)CN(C(C(N)=O)c2cccc(Br)c2)CC2(CCCC2)O1. The van der Waals surface area contributed by atoms with Crippen LogP contribution in [0.4, 0.5) is 0 Å². The van der Waals surface area contributed by atoms with Gasteiger partial charge in [-0.2, -0.15) is 0 Å². The van der Waals surface area contributed by atoms with E-state index in [9.17, 15) is 4.79 Å². The zero-order chi connectivity index (χ0) is 16.7. The van der Waals surface area contributed by atoms with Gasteiger partial charge in [0.2, 0.25) is 5.91 Å². The van der Waals surface area contributed by atoms with E-state index in [-0.39, 0.29) is 17.1 Å². The molecule has 1 aliphatic carbocycles. The van der Waals surface area contributed by atoms with Crippen LogP contribution in [0.3, 0.4) is 0 Å². The monoisotopic (exact) mass is 380 g/mol. The van der Waals surface area contributed by atoms with Crippen molar-refractivity contribution in [2.24, 2.45) is 5.73 Å². The van der Waals surface area contributed by atoms with Gasteiger partial charge in [-0.1, -0.05) is 40.9 Å². The molecule has 4 nitrogen and oxygen atoms in total. The fraction of sp³-hybridized carbons (Fsp3) is 0.611. The molecular weight excluding hydrogens is 356 g/mol. The van der Waals surface area contributed by atoms with Gasteiger partial charge < -0.3 is 10.5 Å². The van der Waals surface area contributed by atoms with Crippen LogP contribution in [0, 0.1) is 0 Å². The maximum absolute atomic E-state index is 12.2. The van der Waals surface area contributed by atoms with Crippen LogP contribution in [-0.4, -0.2) is 35.1 Å². The number of nitrogens with two attached hydrogens (primary N) is 1. The van der Waals surface area contributed by atoms with E-state index in [1.807, 2.05) is 24.3 Å². The number of rotatable bonds is 3. The first-order chi connectivity index (χ1) is 10.8. The molecule has 1 saturated carbocycles. The van der Waals surface area contributed by atoms with Gasteiger partial charge in [0.05, 0.1) is 11.2 Å². The molecule has 1 unspecified atom stereocenters. The second kappa shape index (κ2) is 6.19. The summed E-state index contributed by atoms with van der Waals surface area (Å²) in [5, 5.41) is 0. The number of carbonyl (C=O) groups is 1. The molecule has 126 valence electrons. The second-order valence-corrected chi connectivity index (χ2v) is 8.43. The van der Waals surface area contributed by atoms with E-state index in [2.05, 4.69) is 34.7 Å². The number of halogens is 1. The molecule has 23 heavy (non-hydrogen) atoms. The summed E-state index contributed by atoms with van der Waals surface area (Å²) in [4.78, 5) is 14.5. The number of ether oxygens (including phenoxy) is 1. The molecule has 2 fully saturated rings. The third-order valence-corrected chi connectivity index (χ3v) is 5.38. The average Bonchev–Trinajstić information content (AvgIpc) is 2.83. The maximum atomic E-state index is 12.2. The molecule has 0 radical (unpaired) electrons. The second-order valence-electron chi connectivity index (χ2n) is 7.52. The van der Waals surface area contributed by atoms with E-state index < -0.39 is 6.04 Å². The Morgan fingerprint density at radius 2 is 2.00 bits per heavy atom. The summed E-state index contributed by atoms with van der Waals surface area (Å²) in [5.41, 5.74) is 6.33. The highest BCUT2D eigenvalue weighted by molar-refractivity contribution is 9.10. The number of hydrogen-bond donors (Lipinski definition) is 1. The minimum atomic E-state index is -0.409. The average molecular weight is 381 g/mol. The summed E-state index contributed by atoms with van der Waals surface area (Å²) in [6.07, 6.45) is 4.53. The number of carbonyl (C=O) groups excluding carboxylic acids is 1. The molecular formula is C18H25BrN2O2. The van der Waals surface area contributed by atoms with Gasteiger partial charge in [-0.15, -0.1) is 0 Å². The van der Waals surface area contributed by atoms with Crippen molar-refractivity contribution in [1.29, 1.82) is 0 Å². The zero-order valence-corrected chi connectivity index (χ0v) is 15.4. The van der Waals surface area contributed by atoms with E-state index in [0.29, 0.717) is 6.54 Å². The van der Waals surface area contributed by atoms with Gasteiger partial charge in [0.1, 0.15) is 6.04 Å². The number of hydrogen-bond acceptors (Lipinski definition) is 3. The van der Waals surface area contributed by atoms with Gasteiger partial charge >= 0.3 is 0 Å². The predicted molar refractivity (Wildman–Crippen MR) is 94.0 cm³/mol. The van der Waals surface area contributed by atoms with Gasteiger partial charge in [0.25, 0.3) is 0 Å². The standard InChI is InChI=1S/C18H25BrN2O2/c1-17(2)11-21(12-18(23-17)8-3-4-9-18)15(16(20)22)13-6-5-7-14(19)10-13/h5-7,10,15H,3-4,8-9,11-12H2,1-2H3,(H2,20,22). The molecule has 1 atom stereocenters. The highest BCUT2D eigenvalue weighted by Gasteiger charge is 2.48. The summed E-state index contributed by atoms with van der Waals surface area (Å²) in [5.74, 6) is -0.297. The predicted octanol–water partition coefficient (Wildman–Crippen LogP) is 3.40. The Bertz CT molecular complexity index is 596. The smallest absolute Gasteiger partial charge is 0.239 e. The first-order valence-corrected chi connectivity index (χ1v) is 9.09. The fourth-order valence-corrected chi connectivity index (χ4v) is 4.68. The molecule has 1 saturated heterocycles. The zero-order valence-electron chi connectivity index (χ0n) is 13.8. The molecule has 5 heteroatoms. The summed E-state index contributed by atoms with van der Waals surface area (Å²) in [6, 6.07) is 7.46. The molecule has 0 bridgehead atoms. The van der Waals surface area contributed by atoms with Gasteiger partial charge in [-0.25, -0.2) is 0 Å². The summed E-state index contributed by atoms with van der Waals surface area (Å²) in [7, 11) is 0. The Morgan fingerprint density at radius 1 is 1.30 bits per heavy atom. The molecule has 1 heterocycles. The topological polar surface area (TPSA) is 55.6 Å². The van der Waals surface area contributed by atoms with Gasteiger partial charge in [0.15, 0.2) is 0 Å². The molecule has 1 spiro atoms. The Kier molecular flexibility index (Phi) is 4.55. The van der Waals surface area contributed by atoms with Crippen molar-refractivity contribution in [3.8, 4) is 0 Å². The third-order valence-electron chi connectivity index (χ3n) is 4.88. The number of benzene rings is 1. The van der Waals surface area contributed by atoms with Gasteiger partial charge in [0, 0.05) is 17.6 Å². The first kappa shape index (κ1) is 16.9. The van der Waals surface area contributed by atoms with Gasteiger partial charge in [-0.05, 0) is 44.4 Å². The summed E-state index contributed by atoms with van der Waals surface area (Å²) in [6.45, 7) is 5.70. The van der Waals surface area contributed by atoms with Crippen molar-refractivity contribution in [2.75, 3.05) is 13.1 Å². The maximum Gasteiger partial charge on any atom is 0.239 e. The normalized spacial score (nSPS) is 24.7. The van der Waals surface area contributed by atoms with E-state index in [4.69, 9.17) is 10.5 Å². The molecule has 1 aliphatic heterocycles. The number of amides is 1.